The summed E-state index contributed by atoms with van der Waals surface area (Å²) in [7, 11) is 0. The lowest BCUT2D eigenvalue weighted by molar-refractivity contribution is 0.0520. The van der Waals surface area contributed by atoms with Gasteiger partial charge < -0.3 is 14.8 Å². The van der Waals surface area contributed by atoms with Gasteiger partial charge in [-0.2, -0.15) is 0 Å². The second-order valence-electron chi connectivity index (χ2n) is 2.28. The third kappa shape index (κ3) is 1.85. The molecular weight excluding hydrogens is 158 g/mol. The molecule has 0 aliphatic carbocycles. The van der Waals surface area contributed by atoms with E-state index in [1.807, 2.05) is 0 Å². The average Bonchev–Trinajstić information content (AvgIpc) is 2.52. The van der Waals surface area contributed by atoms with Crippen molar-refractivity contribution >= 4 is 5.97 Å². The Morgan fingerprint density at radius 2 is 2.42 bits per heavy atom. The molecule has 0 amide bonds. The van der Waals surface area contributed by atoms with Crippen LogP contribution in [0.25, 0.3) is 0 Å². The standard InChI is InChI=1S/C8H11NO3/c1-2-12-8(11)7-4-3-6(5-10)9-7/h3-4,9-10H,2,5H2,1H3. The van der Waals surface area contributed by atoms with E-state index in [4.69, 9.17) is 9.84 Å². The number of hydrogen-bond acceptors (Lipinski definition) is 3. The highest BCUT2D eigenvalue weighted by atomic mass is 16.5. The molecule has 1 aromatic rings. The summed E-state index contributed by atoms with van der Waals surface area (Å²) in [4.78, 5) is 13.8. The number of aliphatic hydroxyl groups is 1. The van der Waals surface area contributed by atoms with Crippen LogP contribution in [-0.2, 0) is 11.3 Å². The fraction of sp³-hybridized carbons (Fsp3) is 0.375. The third-order valence-corrected chi connectivity index (χ3v) is 1.41. The summed E-state index contributed by atoms with van der Waals surface area (Å²) < 4.78 is 4.73. The molecule has 0 aromatic carbocycles. The number of H-pyrrole nitrogens is 1. The lowest BCUT2D eigenvalue weighted by Gasteiger charge is -1.97. The molecule has 0 spiro atoms. The highest BCUT2D eigenvalue weighted by Crippen LogP contribution is 2.03. The van der Waals surface area contributed by atoms with Crippen LogP contribution in [0.3, 0.4) is 0 Å². The number of rotatable bonds is 3. The molecule has 4 heteroatoms. The third-order valence-electron chi connectivity index (χ3n) is 1.41. The lowest BCUT2D eigenvalue weighted by atomic mass is 10.4. The highest BCUT2D eigenvalue weighted by Gasteiger charge is 2.07. The zero-order valence-electron chi connectivity index (χ0n) is 6.83. The highest BCUT2D eigenvalue weighted by molar-refractivity contribution is 5.87. The zero-order valence-corrected chi connectivity index (χ0v) is 6.83. The van der Waals surface area contributed by atoms with Crippen LogP contribution in [0.2, 0.25) is 0 Å². The number of esters is 1. The number of aromatic amines is 1. The molecule has 0 aliphatic rings. The number of aliphatic hydroxyl groups excluding tert-OH is 1. The first-order valence-corrected chi connectivity index (χ1v) is 3.73. The fourth-order valence-electron chi connectivity index (χ4n) is 0.860. The summed E-state index contributed by atoms with van der Waals surface area (Å²) in [5.74, 6) is -0.391. The van der Waals surface area contributed by atoms with E-state index < -0.39 is 5.97 Å². The number of carbonyl (C=O) groups is 1. The minimum atomic E-state index is -0.391. The van der Waals surface area contributed by atoms with E-state index in [1.54, 1.807) is 19.1 Å². The van der Waals surface area contributed by atoms with E-state index in [9.17, 15) is 4.79 Å². The first-order valence-electron chi connectivity index (χ1n) is 3.73. The van der Waals surface area contributed by atoms with Crippen LogP contribution in [0, 0.1) is 0 Å². The van der Waals surface area contributed by atoms with Gasteiger partial charge in [0.15, 0.2) is 0 Å². The zero-order chi connectivity index (χ0) is 8.97. The van der Waals surface area contributed by atoms with Gasteiger partial charge in [0.25, 0.3) is 0 Å². The van der Waals surface area contributed by atoms with E-state index >= 15 is 0 Å². The van der Waals surface area contributed by atoms with Crippen molar-refractivity contribution in [2.75, 3.05) is 6.61 Å². The van der Waals surface area contributed by atoms with Gasteiger partial charge in [-0.25, -0.2) is 4.79 Å². The molecule has 1 rings (SSSR count). The Labute approximate surface area is 70.2 Å². The Hall–Kier alpha value is -1.29. The molecule has 0 atom stereocenters. The van der Waals surface area contributed by atoms with E-state index in [0.717, 1.165) is 0 Å². The Morgan fingerprint density at radius 3 is 2.92 bits per heavy atom. The van der Waals surface area contributed by atoms with Gasteiger partial charge in [0.05, 0.1) is 13.2 Å². The first-order chi connectivity index (χ1) is 5.77. The molecule has 1 aromatic heterocycles. The van der Waals surface area contributed by atoms with E-state index in [0.29, 0.717) is 18.0 Å². The van der Waals surface area contributed by atoms with E-state index in [2.05, 4.69) is 4.98 Å². The van der Waals surface area contributed by atoms with Crippen molar-refractivity contribution in [3.8, 4) is 0 Å². The number of nitrogens with one attached hydrogen (secondary N) is 1. The minimum Gasteiger partial charge on any atom is -0.461 e. The molecule has 0 bridgehead atoms. The summed E-state index contributed by atoms with van der Waals surface area (Å²) in [5, 5.41) is 8.68. The predicted molar refractivity (Wildman–Crippen MR) is 42.7 cm³/mol. The monoisotopic (exact) mass is 169 g/mol. The molecule has 0 saturated heterocycles. The maximum Gasteiger partial charge on any atom is 0.354 e. The SMILES string of the molecule is CCOC(=O)c1ccc(CO)[nH]1. The van der Waals surface area contributed by atoms with Crippen LogP contribution in [-0.4, -0.2) is 22.7 Å². The molecule has 0 unspecified atom stereocenters. The molecule has 0 radical (unpaired) electrons. The summed E-state index contributed by atoms with van der Waals surface area (Å²) >= 11 is 0. The molecule has 12 heavy (non-hydrogen) atoms. The lowest BCUT2D eigenvalue weighted by Crippen LogP contribution is -2.04. The van der Waals surface area contributed by atoms with Crippen molar-refractivity contribution in [1.82, 2.24) is 4.98 Å². The van der Waals surface area contributed by atoms with Gasteiger partial charge >= 0.3 is 5.97 Å². The maximum atomic E-state index is 11.0. The Balaban J connectivity index is 2.68. The number of carbonyl (C=O) groups excluding carboxylic acids is 1. The smallest absolute Gasteiger partial charge is 0.354 e. The average molecular weight is 169 g/mol. The van der Waals surface area contributed by atoms with Crippen molar-refractivity contribution in [1.29, 1.82) is 0 Å². The van der Waals surface area contributed by atoms with Crippen LogP contribution in [0.5, 0.6) is 0 Å². The molecule has 0 aliphatic heterocycles. The Kier molecular flexibility index (Phi) is 2.88. The van der Waals surface area contributed by atoms with Crippen LogP contribution >= 0.6 is 0 Å². The minimum absolute atomic E-state index is 0.0978. The van der Waals surface area contributed by atoms with Gasteiger partial charge in [-0.1, -0.05) is 0 Å². The number of aromatic nitrogens is 1. The van der Waals surface area contributed by atoms with Crippen LogP contribution in [0.1, 0.15) is 23.1 Å². The topological polar surface area (TPSA) is 62.3 Å². The first kappa shape index (κ1) is 8.80. The van der Waals surface area contributed by atoms with Crippen LogP contribution < -0.4 is 0 Å². The van der Waals surface area contributed by atoms with Crippen LogP contribution in [0.15, 0.2) is 12.1 Å². The van der Waals surface area contributed by atoms with Gasteiger partial charge in [0, 0.05) is 5.69 Å². The molecule has 0 saturated carbocycles. The second kappa shape index (κ2) is 3.92. The summed E-state index contributed by atoms with van der Waals surface area (Å²) in [6.45, 7) is 2.00. The van der Waals surface area contributed by atoms with E-state index in [1.165, 1.54) is 0 Å². The second-order valence-corrected chi connectivity index (χ2v) is 2.28. The van der Waals surface area contributed by atoms with Gasteiger partial charge in [-0.15, -0.1) is 0 Å². The largest absolute Gasteiger partial charge is 0.461 e. The summed E-state index contributed by atoms with van der Waals surface area (Å²) in [5.41, 5.74) is 0.985. The van der Waals surface area contributed by atoms with Crippen molar-refractivity contribution in [3.63, 3.8) is 0 Å². The Bertz CT molecular complexity index is 267. The van der Waals surface area contributed by atoms with Crippen molar-refractivity contribution in [2.24, 2.45) is 0 Å². The molecular formula is C8H11NO3. The molecule has 1 heterocycles. The molecule has 0 fully saturated rings. The summed E-state index contributed by atoms with van der Waals surface area (Å²) in [6, 6.07) is 3.23. The fourth-order valence-corrected chi connectivity index (χ4v) is 0.860. The molecule has 4 nitrogen and oxygen atoms in total. The van der Waals surface area contributed by atoms with E-state index in [-0.39, 0.29) is 6.61 Å². The number of ether oxygens (including phenoxy) is 1. The summed E-state index contributed by atoms with van der Waals surface area (Å²) in [6.07, 6.45) is 0. The van der Waals surface area contributed by atoms with Gasteiger partial charge in [-0.3, -0.25) is 0 Å². The predicted octanol–water partition coefficient (Wildman–Crippen LogP) is 0.684. The van der Waals surface area contributed by atoms with Gasteiger partial charge in [0.1, 0.15) is 5.69 Å². The van der Waals surface area contributed by atoms with Crippen LogP contribution in [0.4, 0.5) is 0 Å². The maximum absolute atomic E-state index is 11.0. The Morgan fingerprint density at radius 1 is 1.67 bits per heavy atom. The van der Waals surface area contributed by atoms with Crippen molar-refractivity contribution < 1.29 is 14.6 Å². The quantitative estimate of drug-likeness (QED) is 0.654. The van der Waals surface area contributed by atoms with Gasteiger partial charge in [-0.05, 0) is 19.1 Å². The number of hydrogen-bond donors (Lipinski definition) is 2. The molecule has 66 valence electrons. The molecule has 2 N–H and O–H groups in total. The normalized spacial score (nSPS) is 9.83. The van der Waals surface area contributed by atoms with Gasteiger partial charge in [0.2, 0.25) is 0 Å². The van der Waals surface area contributed by atoms with Crippen molar-refractivity contribution in [3.05, 3.63) is 23.5 Å². The van der Waals surface area contributed by atoms with Crippen molar-refractivity contribution in [2.45, 2.75) is 13.5 Å².